The molecule has 0 unspecified atom stereocenters. The highest BCUT2D eigenvalue weighted by Crippen LogP contribution is 2.30. The minimum atomic E-state index is 0.124. The number of pyridine rings is 1. The van der Waals surface area contributed by atoms with Crippen molar-refractivity contribution in [3.8, 4) is 11.3 Å². The summed E-state index contributed by atoms with van der Waals surface area (Å²) in [5.74, 6) is 0.291. The zero-order chi connectivity index (χ0) is 17.6. The van der Waals surface area contributed by atoms with Crippen LogP contribution in [0.4, 0.5) is 0 Å². The van der Waals surface area contributed by atoms with Gasteiger partial charge in [-0.05, 0) is 50.7 Å². The van der Waals surface area contributed by atoms with Crippen molar-refractivity contribution in [2.75, 3.05) is 6.54 Å². The third kappa shape index (κ3) is 3.91. The van der Waals surface area contributed by atoms with Gasteiger partial charge in [-0.3, -0.25) is 14.5 Å². The molecule has 0 radical (unpaired) electrons. The molecule has 25 heavy (non-hydrogen) atoms. The van der Waals surface area contributed by atoms with E-state index in [1.807, 2.05) is 24.5 Å². The molecular formula is C20H28N4O. The van der Waals surface area contributed by atoms with Crippen molar-refractivity contribution in [3.05, 3.63) is 35.8 Å². The molecule has 2 heterocycles. The van der Waals surface area contributed by atoms with Gasteiger partial charge in [0.25, 0.3) is 0 Å². The third-order valence-electron chi connectivity index (χ3n) is 5.19. The first kappa shape index (κ1) is 17.6. The molecule has 1 amide bonds. The minimum Gasteiger partial charge on any atom is -0.354 e. The summed E-state index contributed by atoms with van der Waals surface area (Å²) in [5.41, 5.74) is 4.94. The van der Waals surface area contributed by atoms with Crippen LogP contribution in [0.15, 0.2) is 24.5 Å². The van der Waals surface area contributed by atoms with Crippen molar-refractivity contribution in [2.45, 2.75) is 58.9 Å². The average Bonchev–Trinajstić information content (AvgIpc) is 3.02. The molecular weight excluding hydrogens is 312 g/mol. The van der Waals surface area contributed by atoms with E-state index in [-0.39, 0.29) is 11.8 Å². The Bertz CT molecular complexity index is 704. The number of rotatable bonds is 7. The number of carbonyl (C=O) groups is 1. The summed E-state index contributed by atoms with van der Waals surface area (Å²) < 4.78 is 2.11. The average molecular weight is 340 g/mol. The Kier molecular flexibility index (Phi) is 5.84. The fourth-order valence-electron chi connectivity index (χ4n) is 3.69. The van der Waals surface area contributed by atoms with E-state index in [0.717, 1.165) is 43.5 Å². The van der Waals surface area contributed by atoms with Gasteiger partial charge in [-0.15, -0.1) is 0 Å². The number of amides is 1. The van der Waals surface area contributed by atoms with E-state index >= 15 is 0 Å². The van der Waals surface area contributed by atoms with E-state index in [4.69, 9.17) is 5.10 Å². The molecule has 2 aromatic heterocycles. The molecule has 0 atom stereocenters. The number of hydrogen-bond acceptors (Lipinski definition) is 3. The van der Waals surface area contributed by atoms with Crippen molar-refractivity contribution in [1.82, 2.24) is 20.1 Å². The van der Waals surface area contributed by atoms with Crippen LogP contribution in [0.3, 0.4) is 0 Å². The molecule has 5 nitrogen and oxygen atoms in total. The van der Waals surface area contributed by atoms with Crippen LogP contribution in [0.5, 0.6) is 0 Å². The molecule has 1 aliphatic rings. The summed E-state index contributed by atoms with van der Waals surface area (Å²) in [5, 5.41) is 7.96. The van der Waals surface area contributed by atoms with E-state index in [1.54, 1.807) is 0 Å². The van der Waals surface area contributed by atoms with E-state index in [9.17, 15) is 4.79 Å². The van der Waals surface area contributed by atoms with Crippen LogP contribution in [-0.2, 0) is 24.2 Å². The van der Waals surface area contributed by atoms with Crippen molar-refractivity contribution in [3.63, 3.8) is 0 Å². The van der Waals surface area contributed by atoms with Crippen LogP contribution in [-0.4, -0.2) is 27.2 Å². The fraction of sp³-hybridized carbons (Fsp3) is 0.550. The van der Waals surface area contributed by atoms with Gasteiger partial charge < -0.3 is 5.32 Å². The molecule has 0 spiro atoms. The molecule has 0 saturated heterocycles. The third-order valence-corrected chi connectivity index (χ3v) is 5.19. The van der Waals surface area contributed by atoms with E-state index in [1.165, 1.54) is 24.1 Å². The molecule has 134 valence electrons. The Morgan fingerprint density at radius 1 is 1.20 bits per heavy atom. The number of nitrogens with zero attached hydrogens (tertiary/aromatic N) is 3. The van der Waals surface area contributed by atoms with Gasteiger partial charge in [0.05, 0.1) is 12.2 Å². The summed E-state index contributed by atoms with van der Waals surface area (Å²) in [6.45, 7) is 5.51. The molecule has 5 heteroatoms. The predicted molar refractivity (Wildman–Crippen MR) is 99.2 cm³/mol. The number of carbonyl (C=O) groups excluding carboxylic acids is 1. The van der Waals surface area contributed by atoms with Crippen LogP contribution in [0.25, 0.3) is 11.3 Å². The fourth-order valence-corrected chi connectivity index (χ4v) is 3.69. The first-order valence-corrected chi connectivity index (χ1v) is 9.51. The lowest BCUT2D eigenvalue weighted by molar-refractivity contribution is -0.125. The first-order chi connectivity index (χ1) is 12.2. The number of hydrogen-bond donors (Lipinski definition) is 1. The van der Waals surface area contributed by atoms with Crippen molar-refractivity contribution in [1.29, 1.82) is 0 Å². The molecule has 0 bridgehead atoms. The smallest absolute Gasteiger partial charge is 0.223 e. The second-order valence-corrected chi connectivity index (χ2v) is 6.74. The Labute approximate surface area is 149 Å². The van der Waals surface area contributed by atoms with Gasteiger partial charge >= 0.3 is 0 Å². The van der Waals surface area contributed by atoms with E-state index in [0.29, 0.717) is 6.54 Å². The largest absolute Gasteiger partial charge is 0.354 e. The lowest BCUT2D eigenvalue weighted by Crippen LogP contribution is -2.33. The summed E-state index contributed by atoms with van der Waals surface area (Å²) in [6, 6.07) is 4.05. The molecule has 0 saturated carbocycles. The summed E-state index contributed by atoms with van der Waals surface area (Å²) in [7, 11) is 0. The van der Waals surface area contributed by atoms with Gasteiger partial charge in [-0.25, -0.2) is 0 Å². The Morgan fingerprint density at radius 3 is 2.64 bits per heavy atom. The van der Waals surface area contributed by atoms with E-state index in [2.05, 4.69) is 28.8 Å². The molecule has 3 rings (SSSR count). The quantitative estimate of drug-likeness (QED) is 0.840. The highest BCUT2D eigenvalue weighted by atomic mass is 16.1. The number of aromatic nitrogens is 3. The lowest BCUT2D eigenvalue weighted by Gasteiger charge is -2.16. The highest BCUT2D eigenvalue weighted by Gasteiger charge is 2.21. The van der Waals surface area contributed by atoms with Crippen LogP contribution >= 0.6 is 0 Å². The van der Waals surface area contributed by atoms with Crippen molar-refractivity contribution < 1.29 is 4.79 Å². The molecule has 0 aromatic carbocycles. The normalized spacial score (nSPS) is 13.7. The summed E-state index contributed by atoms with van der Waals surface area (Å²) in [6.07, 6.45) is 10.0. The predicted octanol–water partition coefficient (Wildman–Crippen LogP) is 3.38. The Hall–Kier alpha value is -2.17. The maximum atomic E-state index is 12.2. The molecule has 0 fully saturated rings. The second kappa shape index (κ2) is 8.28. The molecule has 2 aromatic rings. The zero-order valence-electron chi connectivity index (χ0n) is 15.3. The Balaban J connectivity index is 1.74. The SMILES string of the molecule is CCC(CC)C(=O)NCCn1nc(-c2ccncc2)c2c1CCCC2. The van der Waals surface area contributed by atoms with Crippen molar-refractivity contribution in [2.24, 2.45) is 5.92 Å². The Morgan fingerprint density at radius 2 is 1.92 bits per heavy atom. The van der Waals surface area contributed by atoms with Gasteiger partial charge in [-0.2, -0.15) is 5.10 Å². The molecule has 0 aliphatic heterocycles. The second-order valence-electron chi connectivity index (χ2n) is 6.74. The van der Waals surface area contributed by atoms with Gasteiger partial charge in [0, 0.05) is 41.7 Å². The van der Waals surface area contributed by atoms with Gasteiger partial charge in [0.15, 0.2) is 0 Å². The van der Waals surface area contributed by atoms with E-state index < -0.39 is 0 Å². The summed E-state index contributed by atoms with van der Waals surface area (Å²) >= 11 is 0. The maximum absolute atomic E-state index is 12.2. The van der Waals surface area contributed by atoms with Gasteiger partial charge in [-0.1, -0.05) is 13.8 Å². The van der Waals surface area contributed by atoms with Crippen LogP contribution in [0, 0.1) is 5.92 Å². The zero-order valence-corrected chi connectivity index (χ0v) is 15.3. The monoisotopic (exact) mass is 340 g/mol. The number of fused-ring (bicyclic) bond motifs is 1. The maximum Gasteiger partial charge on any atom is 0.223 e. The highest BCUT2D eigenvalue weighted by molar-refractivity contribution is 5.78. The summed E-state index contributed by atoms with van der Waals surface area (Å²) in [4.78, 5) is 16.3. The van der Waals surface area contributed by atoms with Crippen LogP contribution in [0.2, 0.25) is 0 Å². The molecule has 1 N–H and O–H groups in total. The van der Waals surface area contributed by atoms with Crippen molar-refractivity contribution >= 4 is 5.91 Å². The minimum absolute atomic E-state index is 0.124. The van der Waals surface area contributed by atoms with Gasteiger partial charge in [0.1, 0.15) is 0 Å². The topological polar surface area (TPSA) is 59.8 Å². The molecule has 1 aliphatic carbocycles. The lowest BCUT2D eigenvalue weighted by atomic mass is 9.94. The van der Waals surface area contributed by atoms with Crippen LogP contribution < -0.4 is 5.32 Å². The van der Waals surface area contributed by atoms with Gasteiger partial charge in [0.2, 0.25) is 5.91 Å². The number of nitrogens with one attached hydrogen (secondary N) is 1. The standard InChI is InChI=1S/C20H28N4O/c1-3-15(4-2)20(25)22-13-14-24-18-8-6-5-7-17(18)19(23-24)16-9-11-21-12-10-16/h9-12,15H,3-8,13-14H2,1-2H3,(H,22,25). The van der Waals surface area contributed by atoms with Crippen LogP contribution in [0.1, 0.15) is 50.8 Å². The first-order valence-electron chi connectivity index (χ1n) is 9.51.